The summed E-state index contributed by atoms with van der Waals surface area (Å²) in [6.45, 7) is 0. The molecule has 0 fully saturated rings. The second kappa shape index (κ2) is 7.14. The number of pyridine rings is 1. The van der Waals surface area contributed by atoms with Crippen molar-refractivity contribution in [2.45, 2.75) is 0 Å². The van der Waals surface area contributed by atoms with Crippen LogP contribution in [0.15, 0.2) is 29.0 Å². The van der Waals surface area contributed by atoms with E-state index in [0.29, 0.717) is 0 Å². The minimum atomic E-state index is -4.64. The fourth-order valence-electron chi connectivity index (χ4n) is 0.342. The largest absolute Gasteiger partial charge is 0.466 e. The molecule has 0 aliphatic carbocycles. The van der Waals surface area contributed by atoms with E-state index < -0.39 is 7.82 Å². The van der Waals surface area contributed by atoms with E-state index in [4.69, 9.17) is 19.2 Å². The van der Waals surface area contributed by atoms with Gasteiger partial charge < -0.3 is 20.8 Å². The molecule has 0 bridgehead atoms. The smallest absolute Gasteiger partial charge is 0.344 e. The molecule has 0 saturated carbocycles. The van der Waals surface area contributed by atoms with Gasteiger partial charge in [0.05, 0.1) is 0 Å². The summed E-state index contributed by atoms with van der Waals surface area (Å²) in [7, 11) is -4.64. The maximum absolute atomic E-state index is 8.88. The SMILES string of the molecule is Brc1ccccn1.N.O=P(O)(O)O. The van der Waals surface area contributed by atoms with E-state index in [9.17, 15) is 0 Å². The molecule has 1 aromatic rings. The molecular formula is C5H10BrN2O4P. The number of halogens is 1. The van der Waals surface area contributed by atoms with Crippen molar-refractivity contribution in [3.05, 3.63) is 29.0 Å². The summed E-state index contributed by atoms with van der Waals surface area (Å²) in [5.74, 6) is 0. The molecule has 0 atom stereocenters. The molecule has 0 radical (unpaired) electrons. The van der Waals surface area contributed by atoms with Crippen LogP contribution < -0.4 is 6.15 Å². The van der Waals surface area contributed by atoms with Crippen molar-refractivity contribution in [1.29, 1.82) is 0 Å². The first-order chi connectivity index (χ1) is 5.39. The lowest BCUT2D eigenvalue weighted by Crippen LogP contribution is -1.66. The van der Waals surface area contributed by atoms with Gasteiger partial charge in [-0.25, -0.2) is 9.55 Å². The average Bonchev–Trinajstić information content (AvgIpc) is 1.85. The van der Waals surface area contributed by atoms with Crippen molar-refractivity contribution in [3.8, 4) is 0 Å². The van der Waals surface area contributed by atoms with Gasteiger partial charge in [-0.15, -0.1) is 0 Å². The molecule has 6 nitrogen and oxygen atoms in total. The van der Waals surface area contributed by atoms with Gasteiger partial charge in [0.25, 0.3) is 0 Å². The van der Waals surface area contributed by atoms with E-state index in [1.807, 2.05) is 18.2 Å². The van der Waals surface area contributed by atoms with Crippen LogP contribution in [0.3, 0.4) is 0 Å². The van der Waals surface area contributed by atoms with Gasteiger partial charge in [-0.3, -0.25) is 0 Å². The van der Waals surface area contributed by atoms with Crippen LogP contribution in [0.25, 0.3) is 0 Å². The Labute approximate surface area is 83.6 Å². The molecule has 0 saturated heterocycles. The van der Waals surface area contributed by atoms with E-state index in [2.05, 4.69) is 20.9 Å². The maximum atomic E-state index is 8.88. The lowest BCUT2D eigenvalue weighted by atomic mass is 10.5. The number of hydrogen-bond donors (Lipinski definition) is 4. The Hall–Kier alpha value is -0.300. The van der Waals surface area contributed by atoms with Crippen LogP contribution in [0.4, 0.5) is 0 Å². The van der Waals surface area contributed by atoms with Gasteiger partial charge in [0.1, 0.15) is 4.60 Å². The van der Waals surface area contributed by atoms with E-state index >= 15 is 0 Å². The molecule has 0 unspecified atom stereocenters. The van der Waals surface area contributed by atoms with Crippen LogP contribution in [0.2, 0.25) is 0 Å². The van der Waals surface area contributed by atoms with E-state index in [-0.39, 0.29) is 6.15 Å². The minimum absolute atomic E-state index is 0. The Kier molecular flexibility index (Phi) is 8.34. The Morgan fingerprint density at radius 3 is 1.92 bits per heavy atom. The Morgan fingerprint density at radius 2 is 1.77 bits per heavy atom. The zero-order valence-electron chi connectivity index (χ0n) is 6.54. The molecule has 0 aliphatic heterocycles. The van der Waals surface area contributed by atoms with E-state index in [1.54, 1.807) is 6.20 Å². The summed E-state index contributed by atoms with van der Waals surface area (Å²) in [4.78, 5) is 25.5. The number of aromatic nitrogens is 1. The number of nitrogens with zero attached hydrogens (tertiary/aromatic N) is 1. The molecule has 0 spiro atoms. The monoisotopic (exact) mass is 272 g/mol. The summed E-state index contributed by atoms with van der Waals surface area (Å²) >= 11 is 3.20. The summed E-state index contributed by atoms with van der Waals surface area (Å²) in [5, 5.41) is 0. The first kappa shape index (κ1) is 15.2. The van der Waals surface area contributed by atoms with Gasteiger partial charge in [-0.1, -0.05) is 6.07 Å². The highest BCUT2D eigenvalue weighted by molar-refractivity contribution is 9.10. The lowest BCUT2D eigenvalue weighted by Gasteiger charge is -1.82. The second-order valence-corrected chi connectivity index (χ2v) is 3.50. The molecule has 76 valence electrons. The molecule has 1 aromatic heterocycles. The first-order valence-electron chi connectivity index (χ1n) is 2.74. The quantitative estimate of drug-likeness (QED) is 0.414. The fraction of sp³-hybridized carbons (Fsp3) is 0. The summed E-state index contributed by atoms with van der Waals surface area (Å²) in [6, 6.07) is 5.70. The van der Waals surface area contributed by atoms with Gasteiger partial charge >= 0.3 is 7.82 Å². The highest BCUT2D eigenvalue weighted by atomic mass is 79.9. The third-order valence-electron chi connectivity index (χ3n) is 0.629. The Bertz CT molecular complexity index is 256. The van der Waals surface area contributed by atoms with Gasteiger partial charge in [0.2, 0.25) is 0 Å². The summed E-state index contributed by atoms with van der Waals surface area (Å²) < 4.78 is 9.77. The molecule has 13 heavy (non-hydrogen) atoms. The third kappa shape index (κ3) is 18.6. The van der Waals surface area contributed by atoms with Crippen LogP contribution in [0.5, 0.6) is 0 Å². The highest BCUT2D eigenvalue weighted by Crippen LogP contribution is 2.25. The van der Waals surface area contributed by atoms with Crippen LogP contribution in [0.1, 0.15) is 0 Å². The standard InChI is InChI=1S/C5H4BrN.H3N.H3O4P/c6-5-3-1-2-4-7-5;;1-5(2,3)4/h1-4H;1H3;(H3,1,2,3,4). The molecule has 8 heteroatoms. The predicted octanol–water partition coefficient (Wildman–Crippen LogP) is 1.08. The average molecular weight is 273 g/mol. The van der Waals surface area contributed by atoms with Gasteiger partial charge in [-0.2, -0.15) is 0 Å². The molecule has 0 aromatic carbocycles. The first-order valence-corrected chi connectivity index (χ1v) is 5.10. The van der Waals surface area contributed by atoms with Gasteiger partial charge in [0.15, 0.2) is 0 Å². The van der Waals surface area contributed by atoms with Crippen LogP contribution in [0, 0.1) is 0 Å². The Balaban J connectivity index is 0. The second-order valence-electron chi connectivity index (χ2n) is 1.67. The fourth-order valence-corrected chi connectivity index (χ4v) is 0.613. The Morgan fingerprint density at radius 1 is 1.31 bits per heavy atom. The van der Waals surface area contributed by atoms with E-state index in [0.717, 1.165) is 4.60 Å². The highest BCUT2D eigenvalue weighted by Gasteiger charge is 2.00. The van der Waals surface area contributed by atoms with Crippen molar-refractivity contribution in [2.24, 2.45) is 0 Å². The number of rotatable bonds is 0. The van der Waals surface area contributed by atoms with Gasteiger partial charge in [0, 0.05) is 6.20 Å². The molecular weight excluding hydrogens is 263 g/mol. The van der Waals surface area contributed by atoms with E-state index in [1.165, 1.54) is 0 Å². The summed E-state index contributed by atoms with van der Waals surface area (Å²) in [5.41, 5.74) is 0. The molecule has 0 amide bonds. The number of phosphoric acid groups is 1. The third-order valence-corrected chi connectivity index (χ3v) is 1.10. The van der Waals surface area contributed by atoms with Crippen molar-refractivity contribution in [2.75, 3.05) is 0 Å². The zero-order valence-corrected chi connectivity index (χ0v) is 9.02. The maximum Gasteiger partial charge on any atom is 0.466 e. The number of hydrogen-bond acceptors (Lipinski definition) is 3. The minimum Gasteiger partial charge on any atom is -0.344 e. The van der Waals surface area contributed by atoms with Gasteiger partial charge in [-0.05, 0) is 28.1 Å². The van der Waals surface area contributed by atoms with Crippen molar-refractivity contribution in [1.82, 2.24) is 11.1 Å². The predicted molar refractivity (Wildman–Crippen MR) is 51.2 cm³/mol. The molecule has 1 heterocycles. The van der Waals surface area contributed by atoms with Crippen molar-refractivity contribution < 1.29 is 19.2 Å². The zero-order chi connectivity index (χ0) is 9.61. The van der Waals surface area contributed by atoms with Crippen LogP contribution in [-0.4, -0.2) is 19.7 Å². The van der Waals surface area contributed by atoms with Crippen LogP contribution in [-0.2, 0) is 4.57 Å². The summed E-state index contributed by atoms with van der Waals surface area (Å²) in [6.07, 6.45) is 1.74. The topological polar surface area (TPSA) is 126 Å². The lowest BCUT2D eigenvalue weighted by molar-refractivity contribution is 0.275. The van der Waals surface area contributed by atoms with Crippen LogP contribution >= 0.6 is 23.8 Å². The normalized spacial score (nSPS) is 9.23. The molecule has 6 N–H and O–H groups in total. The molecule has 1 rings (SSSR count). The molecule has 0 aliphatic rings. The van der Waals surface area contributed by atoms with Crippen molar-refractivity contribution in [3.63, 3.8) is 0 Å². The van der Waals surface area contributed by atoms with Crippen molar-refractivity contribution >= 4 is 23.8 Å².